The van der Waals surface area contributed by atoms with E-state index in [4.69, 9.17) is 14.7 Å². The first-order chi connectivity index (χ1) is 16.5. The predicted octanol–water partition coefficient (Wildman–Crippen LogP) is 6.50. The van der Waals surface area contributed by atoms with E-state index in [0.29, 0.717) is 12.0 Å². The van der Waals surface area contributed by atoms with E-state index in [0.717, 1.165) is 71.1 Å². The van der Waals surface area contributed by atoms with Gasteiger partial charge in [0.1, 0.15) is 16.4 Å². The minimum Gasteiger partial charge on any atom is -0.497 e. The fraction of sp³-hybridized carbons (Fsp3) is 0.407. The summed E-state index contributed by atoms with van der Waals surface area (Å²) in [5.74, 6) is 2.29. The summed E-state index contributed by atoms with van der Waals surface area (Å²) in [4.78, 5) is 15.2. The third kappa shape index (κ3) is 5.97. The molecule has 2 aliphatic rings. The van der Waals surface area contributed by atoms with Gasteiger partial charge in [0.15, 0.2) is 5.84 Å². The summed E-state index contributed by atoms with van der Waals surface area (Å²) in [5.41, 5.74) is 4.35. The number of aliphatic imine (C=N–C) groups is 1. The Morgan fingerprint density at radius 1 is 1.08 bits per heavy atom. The third-order valence-electron chi connectivity index (χ3n) is 6.73. The molecular weight excluding hydrogens is 513 g/mol. The Hall–Kier alpha value is -2.32. The second-order valence-corrected chi connectivity index (χ2v) is 10.5. The van der Waals surface area contributed by atoms with Crippen LogP contribution >= 0.6 is 36.2 Å². The molecule has 1 unspecified atom stereocenters. The maximum atomic E-state index is 5.30. The summed E-state index contributed by atoms with van der Waals surface area (Å²) in [7, 11) is 3.95. The molecule has 1 N–H and O–H groups in total. The molecule has 0 aliphatic carbocycles. The van der Waals surface area contributed by atoms with Gasteiger partial charge in [0.05, 0.1) is 23.5 Å². The summed E-state index contributed by atoms with van der Waals surface area (Å²) >= 11 is 1.75. The number of hydrogen-bond acceptors (Lipinski definition) is 7. The fourth-order valence-electron chi connectivity index (χ4n) is 4.58. The second kappa shape index (κ2) is 12.3. The number of para-hydroxylation sites is 2. The van der Waals surface area contributed by atoms with Gasteiger partial charge in [-0.15, -0.1) is 36.2 Å². The Morgan fingerprint density at radius 2 is 1.83 bits per heavy atom. The van der Waals surface area contributed by atoms with E-state index in [-0.39, 0.29) is 24.8 Å². The highest BCUT2D eigenvalue weighted by Gasteiger charge is 2.31. The zero-order valence-corrected chi connectivity index (χ0v) is 23.7. The Balaban J connectivity index is 0.00000180. The Kier molecular flexibility index (Phi) is 9.64. The van der Waals surface area contributed by atoms with E-state index < -0.39 is 0 Å². The monoisotopic (exact) mass is 547 g/mol. The standard InChI is InChI=1S/C27H33N5OS.2ClH/c1-18(2)26-30-24-25(28-22-7-5-6-8-23(22)29-27(24)34-26)32-16-15-31(3)20(17-32)12-9-19-10-13-21(33-4)14-11-19;;/h5-8,10-11,13-14,18,20,29H,9,12,15-17H2,1-4H3;2*1H. The Bertz CT molecular complexity index is 1180. The summed E-state index contributed by atoms with van der Waals surface area (Å²) < 4.78 is 5.30. The van der Waals surface area contributed by atoms with Crippen molar-refractivity contribution in [3.05, 3.63) is 64.8 Å². The van der Waals surface area contributed by atoms with Crippen LogP contribution in [0.15, 0.2) is 53.5 Å². The highest BCUT2D eigenvalue weighted by molar-refractivity contribution is 7.16. The predicted molar refractivity (Wildman–Crippen MR) is 156 cm³/mol. The largest absolute Gasteiger partial charge is 0.497 e. The lowest BCUT2D eigenvalue weighted by molar-refractivity contribution is 0.134. The van der Waals surface area contributed by atoms with Gasteiger partial charge in [0.2, 0.25) is 0 Å². The van der Waals surface area contributed by atoms with Crippen molar-refractivity contribution in [3.63, 3.8) is 0 Å². The van der Waals surface area contributed by atoms with Gasteiger partial charge < -0.3 is 15.0 Å². The molecule has 0 saturated carbocycles. The smallest absolute Gasteiger partial charge is 0.158 e. The van der Waals surface area contributed by atoms with Gasteiger partial charge in [-0.1, -0.05) is 38.1 Å². The molecule has 0 spiro atoms. The van der Waals surface area contributed by atoms with Crippen LogP contribution in [-0.4, -0.2) is 60.5 Å². The molecule has 2 aliphatic heterocycles. The van der Waals surface area contributed by atoms with Gasteiger partial charge in [0, 0.05) is 31.6 Å². The number of likely N-dealkylation sites (N-methyl/N-ethyl adjacent to an activating group) is 1. The van der Waals surface area contributed by atoms with Crippen LogP contribution < -0.4 is 10.1 Å². The van der Waals surface area contributed by atoms with Crippen LogP contribution in [0, 0.1) is 0 Å². The molecule has 5 rings (SSSR count). The number of amidine groups is 1. The van der Waals surface area contributed by atoms with Gasteiger partial charge in [0.25, 0.3) is 0 Å². The van der Waals surface area contributed by atoms with Crippen molar-refractivity contribution in [2.75, 3.05) is 39.1 Å². The molecular formula is C27H35Cl2N5OS. The summed E-state index contributed by atoms with van der Waals surface area (Å²) in [6.07, 6.45) is 2.14. The number of methoxy groups -OCH3 is 1. The molecule has 1 fully saturated rings. The quantitative estimate of drug-likeness (QED) is 0.394. The Labute approximate surface area is 230 Å². The lowest BCUT2D eigenvalue weighted by atomic mass is 10.0. The van der Waals surface area contributed by atoms with Crippen LogP contribution in [0.2, 0.25) is 0 Å². The van der Waals surface area contributed by atoms with Gasteiger partial charge in [-0.05, 0) is 49.7 Å². The van der Waals surface area contributed by atoms with Crippen LogP contribution in [-0.2, 0) is 6.42 Å². The van der Waals surface area contributed by atoms with E-state index in [1.54, 1.807) is 18.4 Å². The number of fused-ring (bicyclic) bond motifs is 2. The van der Waals surface area contributed by atoms with Crippen molar-refractivity contribution in [1.82, 2.24) is 14.8 Å². The third-order valence-corrected chi connectivity index (χ3v) is 8.00. The van der Waals surface area contributed by atoms with Crippen LogP contribution in [0.25, 0.3) is 0 Å². The number of anilines is 2. The minimum atomic E-state index is 0. The first-order valence-electron chi connectivity index (χ1n) is 12.1. The van der Waals surface area contributed by atoms with Crippen LogP contribution in [0.5, 0.6) is 5.75 Å². The molecule has 0 amide bonds. The number of aromatic nitrogens is 1. The van der Waals surface area contributed by atoms with E-state index >= 15 is 0 Å². The number of rotatable bonds is 5. The summed E-state index contributed by atoms with van der Waals surface area (Å²) in [6.45, 7) is 7.31. The zero-order chi connectivity index (χ0) is 23.7. The van der Waals surface area contributed by atoms with Crippen LogP contribution in [0.3, 0.4) is 0 Å². The molecule has 1 atom stereocenters. The SMILES string of the molecule is COc1ccc(CCC2CN(C3=Nc4ccccc4Nc4sc(C(C)C)nc43)CCN2C)cc1.Cl.Cl. The highest BCUT2D eigenvalue weighted by Crippen LogP contribution is 2.39. The van der Waals surface area contributed by atoms with Crippen molar-refractivity contribution in [2.45, 2.75) is 38.6 Å². The number of nitrogens with zero attached hydrogens (tertiary/aromatic N) is 4. The van der Waals surface area contributed by atoms with Crippen molar-refractivity contribution < 1.29 is 4.74 Å². The number of benzene rings is 2. The first kappa shape index (κ1) is 28.3. The van der Waals surface area contributed by atoms with Crippen molar-refractivity contribution >= 4 is 58.4 Å². The number of piperazine rings is 1. The maximum absolute atomic E-state index is 5.30. The molecule has 0 radical (unpaired) electrons. The number of ether oxygens (including phenoxy) is 1. The lowest BCUT2D eigenvalue weighted by Crippen LogP contribution is -2.53. The molecule has 36 heavy (non-hydrogen) atoms. The van der Waals surface area contributed by atoms with E-state index in [1.165, 1.54) is 5.56 Å². The average Bonchev–Trinajstić information content (AvgIpc) is 3.20. The molecule has 3 heterocycles. The molecule has 6 nitrogen and oxygen atoms in total. The number of nitrogens with one attached hydrogen (secondary N) is 1. The van der Waals surface area contributed by atoms with Crippen molar-refractivity contribution in [3.8, 4) is 5.75 Å². The molecule has 9 heteroatoms. The highest BCUT2D eigenvalue weighted by atomic mass is 35.5. The first-order valence-corrected chi connectivity index (χ1v) is 12.9. The van der Waals surface area contributed by atoms with Crippen molar-refractivity contribution in [1.29, 1.82) is 0 Å². The van der Waals surface area contributed by atoms with Crippen LogP contribution in [0.4, 0.5) is 16.4 Å². The molecule has 1 saturated heterocycles. The topological polar surface area (TPSA) is 53.0 Å². The molecule has 1 aromatic heterocycles. The summed E-state index contributed by atoms with van der Waals surface area (Å²) in [5, 5.41) is 5.86. The number of thiazole rings is 1. The number of hydrogen-bond donors (Lipinski definition) is 1. The fourth-order valence-corrected chi connectivity index (χ4v) is 5.56. The average molecular weight is 549 g/mol. The number of halogens is 2. The van der Waals surface area contributed by atoms with E-state index in [1.807, 2.05) is 12.1 Å². The Morgan fingerprint density at radius 3 is 2.56 bits per heavy atom. The molecule has 2 aromatic carbocycles. The van der Waals surface area contributed by atoms with E-state index in [9.17, 15) is 0 Å². The van der Waals surface area contributed by atoms with Gasteiger partial charge in [-0.25, -0.2) is 9.98 Å². The summed E-state index contributed by atoms with van der Waals surface area (Å²) in [6, 6.07) is 17.2. The number of aryl methyl sites for hydroxylation is 1. The van der Waals surface area contributed by atoms with Crippen molar-refractivity contribution in [2.24, 2.45) is 4.99 Å². The second-order valence-electron chi connectivity index (χ2n) is 9.43. The van der Waals surface area contributed by atoms with Crippen LogP contribution in [0.1, 0.15) is 42.5 Å². The van der Waals surface area contributed by atoms with Gasteiger partial charge in [-0.2, -0.15) is 0 Å². The molecule has 0 bridgehead atoms. The zero-order valence-electron chi connectivity index (χ0n) is 21.2. The maximum Gasteiger partial charge on any atom is 0.158 e. The molecule has 194 valence electrons. The molecule has 3 aromatic rings. The van der Waals surface area contributed by atoms with E-state index in [2.05, 4.69) is 72.4 Å². The minimum absolute atomic E-state index is 0. The van der Waals surface area contributed by atoms with Gasteiger partial charge in [-0.3, -0.25) is 4.90 Å². The van der Waals surface area contributed by atoms with Gasteiger partial charge >= 0.3 is 0 Å². The lowest BCUT2D eigenvalue weighted by Gasteiger charge is -2.40. The normalized spacial score (nSPS) is 17.1.